The third-order valence-corrected chi connectivity index (χ3v) is 3.99. The number of halogens is 1. The second kappa shape index (κ2) is 4.77. The summed E-state index contributed by atoms with van der Waals surface area (Å²) in [5.74, 6) is -1.27. The number of anilines is 1. The SMILES string of the molecule is Cc1c(N)cc(C(=O)N2CCC(C)(C(N)=O)C2)cc1F. The van der Waals surface area contributed by atoms with Gasteiger partial charge in [0.05, 0.1) is 5.41 Å². The average molecular weight is 279 g/mol. The summed E-state index contributed by atoms with van der Waals surface area (Å²) in [6.45, 7) is 3.95. The van der Waals surface area contributed by atoms with Gasteiger partial charge in [-0.2, -0.15) is 0 Å². The highest BCUT2D eigenvalue weighted by atomic mass is 19.1. The fourth-order valence-corrected chi connectivity index (χ4v) is 2.34. The summed E-state index contributed by atoms with van der Waals surface area (Å²) < 4.78 is 13.6. The van der Waals surface area contributed by atoms with E-state index in [4.69, 9.17) is 11.5 Å². The molecule has 108 valence electrons. The van der Waals surface area contributed by atoms with E-state index in [9.17, 15) is 14.0 Å². The minimum absolute atomic E-state index is 0.194. The highest BCUT2D eigenvalue weighted by Gasteiger charge is 2.40. The standard InChI is InChI=1S/C14H18FN3O2/c1-8-10(15)5-9(6-11(8)16)12(19)18-4-3-14(2,7-18)13(17)20/h5-6H,3-4,7,16H2,1-2H3,(H2,17,20). The van der Waals surface area contributed by atoms with Crippen LogP contribution in [-0.4, -0.2) is 29.8 Å². The Labute approximate surface area is 116 Å². The second-order valence-corrected chi connectivity index (χ2v) is 5.57. The fourth-order valence-electron chi connectivity index (χ4n) is 2.34. The zero-order valence-electron chi connectivity index (χ0n) is 11.6. The van der Waals surface area contributed by atoms with Gasteiger partial charge < -0.3 is 16.4 Å². The van der Waals surface area contributed by atoms with Gasteiger partial charge in [-0.05, 0) is 32.4 Å². The smallest absolute Gasteiger partial charge is 0.254 e. The van der Waals surface area contributed by atoms with Crippen LogP contribution >= 0.6 is 0 Å². The van der Waals surface area contributed by atoms with E-state index in [0.717, 1.165) is 0 Å². The van der Waals surface area contributed by atoms with Crippen LogP contribution in [0.25, 0.3) is 0 Å². The van der Waals surface area contributed by atoms with E-state index in [2.05, 4.69) is 0 Å². The first-order chi connectivity index (χ1) is 9.24. The Morgan fingerprint density at radius 3 is 2.55 bits per heavy atom. The molecule has 2 amide bonds. The minimum Gasteiger partial charge on any atom is -0.398 e. The quantitative estimate of drug-likeness (QED) is 0.793. The Bertz CT molecular complexity index is 565. The van der Waals surface area contributed by atoms with Crippen LogP contribution in [0.1, 0.15) is 29.3 Å². The number of hydrogen-bond acceptors (Lipinski definition) is 3. The van der Waals surface area contributed by atoms with Gasteiger partial charge in [0.15, 0.2) is 0 Å². The normalized spacial score (nSPS) is 22.1. The number of nitrogens with two attached hydrogens (primary N) is 2. The molecule has 1 aromatic rings. The number of nitrogen functional groups attached to an aromatic ring is 1. The third-order valence-electron chi connectivity index (χ3n) is 3.99. The summed E-state index contributed by atoms with van der Waals surface area (Å²) in [5.41, 5.74) is 11.1. The van der Waals surface area contributed by atoms with Gasteiger partial charge >= 0.3 is 0 Å². The Balaban J connectivity index is 2.24. The number of carbonyl (C=O) groups excluding carboxylic acids is 2. The van der Waals surface area contributed by atoms with Gasteiger partial charge in [-0.25, -0.2) is 4.39 Å². The number of nitrogens with zero attached hydrogens (tertiary/aromatic N) is 1. The molecule has 1 aliphatic rings. The molecule has 6 heteroatoms. The Kier molecular flexibility index (Phi) is 3.41. The van der Waals surface area contributed by atoms with Crippen molar-refractivity contribution in [3.8, 4) is 0 Å². The third kappa shape index (κ3) is 2.33. The van der Waals surface area contributed by atoms with Gasteiger partial charge in [0.1, 0.15) is 5.82 Å². The lowest BCUT2D eigenvalue weighted by Gasteiger charge is -2.21. The zero-order chi connectivity index (χ0) is 15.1. The number of hydrogen-bond donors (Lipinski definition) is 2. The molecule has 4 N–H and O–H groups in total. The molecule has 1 saturated heterocycles. The van der Waals surface area contributed by atoms with Crippen molar-refractivity contribution < 1.29 is 14.0 Å². The van der Waals surface area contributed by atoms with Crippen LogP contribution in [0.5, 0.6) is 0 Å². The van der Waals surface area contributed by atoms with Gasteiger partial charge in [0.25, 0.3) is 5.91 Å². The molecule has 1 unspecified atom stereocenters. The molecular formula is C14H18FN3O2. The number of carbonyl (C=O) groups is 2. The number of amides is 2. The maximum Gasteiger partial charge on any atom is 0.254 e. The van der Waals surface area contributed by atoms with Crippen molar-refractivity contribution in [1.82, 2.24) is 4.90 Å². The Morgan fingerprint density at radius 1 is 1.40 bits per heavy atom. The van der Waals surface area contributed by atoms with Crippen molar-refractivity contribution in [2.24, 2.45) is 11.1 Å². The number of primary amides is 1. The molecule has 2 rings (SSSR count). The first-order valence-corrected chi connectivity index (χ1v) is 6.39. The summed E-state index contributed by atoms with van der Waals surface area (Å²) in [6, 6.07) is 2.63. The van der Waals surface area contributed by atoms with Crippen LogP contribution in [0.3, 0.4) is 0 Å². The molecule has 1 aromatic carbocycles. The fraction of sp³-hybridized carbons (Fsp3) is 0.429. The van der Waals surface area contributed by atoms with E-state index in [0.29, 0.717) is 18.5 Å². The van der Waals surface area contributed by atoms with Gasteiger partial charge in [-0.3, -0.25) is 9.59 Å². The molecule has 0 spiro atoms. The van der Waals surface area contributed by atoms with Crippen LogP contribution in [0.15, 0.2) is 12.1 Å². The van der Waals surface area contributed by atoms with Crippen molar-refractivity contribution in [2.45, 2.75) is 20.3 Å². The average Bonchev–Trinajstić information content (AvgIpc) is 2.78. The van der Waals surface area contributed by atoms with Crippen LogP contribution in [-0.2, 0) is 4.79 Å². The summed E-state index contributed by atoms with van der Waals surface area (Å²) >= 11 is 0. The maximum absolute atomic E-state index is 13.6. The molecule has 0 saturated carbocycles. The topological polar surface area (TPSA) is 89.4 Å². The lowest BCUT2D eigenvalue weighted by Crippen LogP contribution is -2.38. The summed E-state index contributed by atoms with van der Waals surface area (Å²) in [5, 5.41) is 0. The maximum atomic E-state index is 13.6. The molecule has 0 aromatic heterocycles. The number of benzene rings is 1. The van der Waals surface area contributed by atoms with Gasteiger partial charge in [0.2, 0.25) is 5.91 Å². The number of likely N-dealkylation sites (tertiary alicyclic amines) is 1. The monoisotopic (exact) mass is 279 g/mol. The van der Waals surface area contributed by atoms with Crippen LogP contribution in [0.2, 0.25) is 0 Å². The lowest BCUT2D eigenvalue weighted by molar-refractivity contribution is -0.126. The van der Waals surface area contributed by atoms with Gasteiger partial charge in [-0.15, -0.1) is 0 Å². The summed E-state index contributed by atoms with van der Waals surface area (Å²) in [6.07, 6.45) is 0.512. The van der Waals surface area contributed by atoms with Crippen molar-refractivity contribution >= 4 is 17.5 Å². The minimum atomic E-state index is -0.718. The van der Waals surface area contributed by atoms with E-state index >= 15 is 0 Å². The number of rotatable bonds is 2. The Hall–Kier alpha value is -2.11. The molecule has 0 aliphatic carbocycles. The van der Waals surface area contributed by atoms with Crippen molar-refractivity contribution in [3.63, 3.8) is 0 Å². The summed E-state index contributed by atoms with van der Waals surface area (Å²) in [7, 11) is 0. The van der Waals surface area contributed by atoms with E-state index in [1.54, 1.807) is 13.8 Å². The first-order valence-electron chi connectivity index (χ1n) is 6.39. The molecule has 5 nitrogen and oxygen atoms in total. The van der Waals surface area contributed by atoms with Crippen LogP contribution in [0, 0.1) is 18.2 Å². The highest BCUT2D eigenvalue weighted by molar-refractivity contribution is 5.96. The second-order valence-electron chi connectivity index (χ2n) is 5.57. The summed E-state index contributed by atoms with van der Waals surface area (Å²) in [4.78, 5) is 25.2. The first kappa shape index (κ1) is 14.3. The van der Waals surface area contributed by atoms with Crippen LogP contribution < -0.4 is 11.5 Å². The van der Waals surface area contributed by atoms with E-state index in [1.807, 2.05) is 0 Å². The van der Waals surface area contributed by atoms with E-state index in [-0.39, 0.29) is 23.7 Å². The Morgan fingerprint density at radius 2 is 2.05 bits per heavy atom. The van der Waals surface area contributed by atoms with Gasteiger partial charge in [0, 0.05) is 29.9 Å². The largest absolute Gasteiger partial charge is 0.398 e. The molecular weight excluding hydrogens is 261 g/mol. The molecule has 1 atom stereocenters. The lowest BCUT2D eigenvalue weighted by atomic mass is 9.89. The van der Waals surface area contributed by atoms with Crippen molar-refractivity contribution in [3.05, 3.63) is 29.1 Å². The highest BCUT2D eigenvalue weighted by Crippen LogP contribution is 2.31. The molecule has 20 heavy (non-hydrogen) atoms. The molecule has 1 fully saturated rings. The van der Waals surface area contributed by atoms with E-state index in [1.165, 1.54) is 17.0 Å². The predicted molar refractivity (Wildman–Crippen MR) is 73.4 cm³/mol. The molecule has 0 radical (unpaired) electrons. The van der Waals surface area contributed by atoms with E-state index < -0.39 is 17.1 Å². The van der Waals surface area contributed by atoms with Crippen molar-refractivity contribution in [1.29, 1.82) is 0 Å². The zero-order valence-corrected chi connectivity index (χ0v) is 11.6. The molecule has 1 heterocycles. The molecule has 1 aliphatic heterocycles. The van der Waals surface area contributed by atoms with Gasteiger partial charge in [-0.1, -0.05) is 0 Å². The van der Waals surface area contributed by atoms with Crippen molar-refractivity contribution in [2.75, 3.05) is 18.8 Å². The predicted octanol–water partition coefficient (Wildman–Crippen LogP) is 1.05. The van der Waals surface area contributed by atoms with Crippen LogP contribution in [0.4, 0.5) is 10.1 Å². The molecule has 0 bridgehead atoms.